The fraction of sp³-hybridized carbons (Fsp3) is 0.500. The van der Waals surface area contributed by atoms with Gasteiger partial charge >= 0.3 is 0 Å². The number of hydrogen-bond donors (Lipinski definition) is 1. The predicted molar refractivity (Wildman–Crippen MR) is 83.7 cm³/mol. The van der Waals surface area contributed by atoms with Gasteiger partial charge < -0.3 is 0 Å². The molecule has 0 spiro atoms. The van der Waals surface area contributed by atoms with Crippen LogP contribution in [0.3, 0.4) is 0 Å². The number of unbranched alkanes of at least 4 members (excludes halogenated alkanes) is 1. The quantitative estimate of drug-likeness (QED) is 0.693. The van der Waals surface area contributed by atoms with Gasteiger partial charge in [0.25, 0.3) is 5.82 Å². The molecule has 1 N–H and O–H groups in total. The largest absolute Gasteiger partial charge is 0.257 e. The molecule has 0 amide bonds. The normalized spacial score (nSPS) is 12.5. The van der Waals surface area contributed by atoms with Crippen LogP contribution in [0.15, 0.2) is 42.7 Å². The number of aromatic nitrogens is 2. The van der Waals surface area contributed by atoms with Crippen molar-refractivity contribution in [1.82, 2.24) is 4.98 Å². The molecular weight excluding hydrogens is 244 g/mol. The summed E-state index contributed by atoms with van der Waals surface area (Å²) in [6.07, 6.45) is 10.5. The van der Waals surface area contributed by atoms with Crippen LogP contribution in [0, 0.1) is 0 Å². The molecule has 2 aromatic rings. The molecule has 1 heterocycles. The van der Waals surface area contributed by atoms with Crippen molar-refractivity contribution in [1.29, 1.82) is 0 Å². The molecule has 2 heteroatoms. The van der Waals surface area contributed by atoms with Gasteiger partial charge in [-0.25, -0.2) is 9.55 Å². The lowest BCUT2D eigenvalue weighted by Crippen LogP contribution is -2.37. The fourth-order valence-electron chi connectivity index (χ4n) is 2.74. The lowest BCUT2D eigenvalue weighted by Gasteiger charge is -2.08. The second-order valence-electron chi connectivity index (χ2n) is 5.67. The molecule has 0 aliphatic rings. The molecule has 2 nitrogen and oxygen atoms in total. The number of nitrogens with zero attached hydrogens (tertiary/aromatic N) is 1. The highest BCUT2D eigenvalue weighted by atomic mass is 15.1. The van der Waals surface area contributed by atoms with E-state index in [0.717, 1.165) is 13.0 Å². The van der Waals surface area contributed by atoms with Gasteiger partial charge in [-0.2, -0.15) is 0 Å². The summed E-state index contributed by atoms with van der Waals surface area (Å²) >= 11 is 0. The van der Waals surface area contributed by atoms with Crippen molar-refractivity contribution in [2.45, 2.75) is 58.4 Å². The summed E-state index contributed by atoms with van der Waals surface area (Å²) in [6.45, 7) is 5.69. The van der Waals surface area contributed by atoms with E-state index >= 15 is 0 Å². The zero-order chi connectivity index (χ0) is 14.2. The molecule has 0 fully saturated rings. The van der Waals surface area contributed by atoms with Crippen LogP contribution in [0.25, 0.3) is 0 Å². The van der Waals surface area contributed by atoms with Crippen LogP contribution in [0.5, 0.6) is 0 Å². The van der Waals surface area contributed by atoms with Gasteiger partial charge in [0.05, 0.1) is 12.5 Å². The topological polar surface area (TPSA) is 19.7 Å². The minimum absolute atomic E-state index is 0.627. The Morgan fingerprint density at radius 3 is 2.70 bits per heavy atom. The molecule has 20 heavy (non-hydrogen) atoms. The molecule has 0 radical (unpaired) electrons. The van der Waals surface area contributed by atoms with Gasteiger partial charge in [-0.05, 0) is 24.8 Å². The molecule has 0 unspecified atom stereocenters. The highest BCUT2D eigenvalue weighted by Crippen LogP contribution is 2.16. The van der Waals surface area contributed by atoms with Crippen molar-refractivity contribution >= 4 is 0 Å². The molecular formula is C18H27N2+. The standard InChI is InChI=1S/C18H26N2/c1-3-4-9-16(2)18-19-13-15-20(18)14-8-12-17-10-6-5-7-11-17/h5-7,10-11,13,15-16H,3-4,8-9,12,14H2,1-2H3/p+1/t16-/m0/s1. The van der Waals surface area contributed by atoms with Crippen LogP contribution < -0.4 is 4.57 Å². The van der Waals surface area contributed by atoms with Crippen LogP contribution in [-0.4, -0.2) is 4.98 Å². The first-order valence-electron chi connectivity index (χ1n) is 7.92. The SMILES string of the molecule is CCCC[C@H](C)c1[nH]cc[n+]1CCCc1ccccc1. The zero-order valence-electron chi connectivity index (χ0n) is 12.8. The van der Waals surface area contributed by atoms with Crippen molar-refractivity contribution in [2.24, 2.45) is 0 Å². The molecule has 108 valence electrons. The monoisotopic (exact) mass is 271 g/mol. The summed E-state index contributed by atoms with van der Waals surface area (Å²) in [7, 11) is 0. The summed E-state index contributed by atoms with van der Waals surface area (Å²) in [5.41, 5.74) is 1.43. The third-order valence-electron chi connectivity index (χ3n) is 3.96. The second-order valence-corrected chi connectivity index (χ2v) is 5.67. The predicted octanol–water partition coefficient (Wildman–Crippen LogP) is 4.23. The molecule has 0 aliphatic heterocycles. The van der Waals surface area contributed by atoms with E-state index in [0.29, 0.717) is 5.92 Å². The second kappa shape index (κ2) is 7.88. The summed E-state index contributed by atoms with van der Waals surface area (Å²) in [5, 5.41) is 0. The molecule has 0 bridgehead atoms. The third-order valence-corrected chi connectivity index (χ3v) is 3.96. The van der Waals surface area contributed by atoms with E-state index < -0.39 is 0 Å². The van der Waals surface area contributed by atoms with Crippen molar-refractivity contribution in [3.8, 4) is 0 Å². The number of nitrogens with one attached hydrogen (secondary N) is 1. The van der Waals surface area contributed by atoms with Crippen LogP contribution in [0.1, 0.15) is 56.8 Å². The number of aryl methyl sites for hydroxylation is 2. The molecule has 0 saturated carbocycles. The van der Waals surface area contributed by atoms with Gasteiger partial charge in [0.2, 0.25) is 0 Å². The summed E-state index contributed by atoms with van der Waals surface area (Å²) in [4.78, 5) is 3.43. The molecule has 0 saturated heterocycles. The van der Waals surface area contributed by atoms with Crippen molar-refractivity contribution in [3.05, 3.63) is 54.1 Å². The molecule has 2 rings (SSSR count). The van der Waals surface area contributed by atoms with Gasteiger partial charge in [0.15, 0.2) is 0 Å². The van der Waals surface area contributed by atoms with E-state index in [1.807, 2.05) is 0 Å². The van der Waals surface area contributed by atoms with E-state index in [1.165, 1.54) is 37.1 Å². The zero-order valence-corrected chi connectivity index (χ0v) is 12.8. The lowest BCUT2D eigenvalue weighted by atomic mass is 10.0. The Kier molecular flexibility index (Phi) is 5.85. The van der Waals surface area contributed by atoms with E-state index in [-0.39, 0.29) is 0 Å². The minimum Gasteiger partial charge on any atom is -0.247 e. The van der Waals surface area contributed by atoms with Gasteiger partial charge in [0.1, 0.15) is 12.4 Å². The third kappa shape index (κ3) is 4.22. The van der Waals surface area contributed by atoms with E-state index in [4.69, 9.17) is 0 Å². The van der Waals surface area contributed by atoms with Crippen molar-refractivity contribution in [3.63, 3.8) is 0 Å². The number of rotatable bonds is 8. The number of aromatic amines is 1. The van der Waals surface area contributed by atoms with Crippen LogP contribution in [-0.2, 0) is 13.0 Å². The molecule has 1 aromatic carbocycles. The average Bonchev–Trinajstić information content (AvgIpc) is 2.94. The van der Waals surface area contributed by atoms with Gasteiger partial charge in [0, 0.05) is 0 Å². The Hall–Kier alpha value is -1.57. The van der Waals surface area contributed by atoms with Crippen molar-refractivity contribution < 1.29 is 4.57 Å². The Morgan fingerprint density at radius 2 is 1.95 bits per heavy atom. The first-order valence-corrected chi connectivity index (χ1v) is 7.92. The van der Waals surface area contributed by atoms with Crippen LogP contribution in [0.2, 0.25) is 0 Å². The Bertz CT molecular complexity index is 487. The first-order chi connectivity index (χ1) is 9.81. The number of H-pyrrole nitrogens is 1. The van der Waals surface area contributed by atoms with E-state index in [9.17, 15) is 0 Å². The number of benzene rings is 1. The maximum absolute atomic E-state index is 3.43. The summed E-state index contributed by atoms with van der Waals surface area (Å²) in [5.74, 6) is 2.01. The average molecular weight is 271 g/mol. The van der Waals surface area contributed by atoms with Gasteiger partial charge in [-0.3, -0.25) is 0 Å². The Balaban J connectivity index is 1.85. The maximum atomic E-state index is 3.43. The lowest BCUT2D eigenvalue weighted by molar-refractivity contribution is -0.704. The van der Waals surface area contributed by atoms with Crippen LogP contribution in [0.4, 0.5) is 0 Å². The summed E-state index contributed by atoms with van der Waals surface area (Å²) in [6, 6.07) is 10.8. The number of imidazole rings is 1. The summed E-state index contributed by atoms with van der Waals surface area (Å²) < 4.78 is 2.39. The Labute approximate surface area is 122 Å². The van der Waals surface area contributed by atoms with Crippen LogP contribution >= 0.6 is 0 Å². The molecule has 0 aliphatic carbocycles. The maximum Gasteiger partial charge on any atom is 0.257 e. The van der Waals surface area contributed by atoms with E-state index in [1.54, 1.807) is 0 Å². The molecule has 1 atom stereocenters. The highest BCUT2D eigenvalue weighted by Gasteiger charge is 2.17. The van der Waals surface area contributed by atoms with Crippen molar-refractivity contribution in [2.75, 3.05) is 0 Å². The molecule has 1 aromatic heterocycles. The highest BCUT2D eigenvalue weighted by molar-refractivity contribution is 5.14. The fourth-order valence-corrected chi connectivity index (χ4v) is 2.74. The van der Waals surface area contributed by atoms with Gasteiger partial charge in [-0.1, -0.05) is 57.0 Å². The minimum atomic E-state index is 0.627. The Morgan fingerprint density at radius 1 is 1.15 bits per heavy atom. The van der Waals surface area contributed by atoms with Gasteiger partial charge in [-0.15, -0.1) is 0 Å². The van der Waals surface area contributed by atoms with E-state index in [2.05, 4.69) is 66.1 Å². The first kappa shape index (κ1) is 14.8. The number of hydrogen-bond acceptors (Lipinski definition) is 0. The smallest absolute Gasteiger partial charge is 0.247 e.